The van der Waals surface area contributed by atoms with E-state index in [0.717, 1.165) is 24.9 Å². The van der Waals surface area contributed by atoms with Gasteiger partial charge < -0.3 is 15.2 Å². The van der Waals surface area contributed by atoms with Crippen molar-refractivity contribution in [2.45, 2.75) is 33.2 Å². The summed E-state index contributed by atoms with van der Waals surface area (Å²) in [4.78, 5) is 10.4. The maximum atomic E-state index is 10.8. The molecule has 6 nitrogen and oxygen atoms in total. The van der Waals surface area contributed by atoms with Crippen LogP contribution in [-0.4, -0.2) is 30.3 Å². The second-order valence-corrected chi connectivity index (χ2v) is 5.85. The monoisotopic (exact) mass is 296 g/mol. The number of nitrogens with zero attached hydrogens (tertiary/aromatic N) is 1. The Morgan fingerprint density at radius 3 is 2.71 bits per heavy atom. The van der Waals surface area contributed by atoms with Crippen LogP contribution in [0.3, 0.4) is 0 Å². The molecule has 2 N–H and O–H groups in total. The summed E-state index contributed by atoms with van der Waals surface area (Å²) in [6.07, 6.45) is 1.69. The lowest BCUT2D eigenvalue weighted by atomic mass is 9.88. The minimum absolute atomic E-state index is 0.0622. The van der Waals surface area contributed by atoms with Gasteiger partial charge in [0.05, 0.1) is 12.0 Å². The zero-order chi connectivity index (χ0) is 15.9. The number of hydrogen-bond donors (Lipinski definition) is 2. The molecule has 0 aliphatic carbocycles. The molecule has 0 atom stereocenters. The first-order chi connectivity index (χ1) is 9.89. The first kappa shape index (κ1) is 17.4. The number of nitro groups is 1. The van der Waals surface area contributed by atoms with Gasteiger partial charge in [-0.05, 0) is 24.3 Å². The van der Waals surface area contributed by atoms with Crippen molar-refractivity contribution in [3.63, 3.8) is 0 Å². The Bertz CT molecular complexity index is 475. The number of nitrogens with one attached hydrogen (secondary N) is 1. The molecule has 0 heterocycles. The van der Waals surface area contributed by atoms with Crippen LogP contribution in [0.2, 0.25) is 0 Å². The van der Waals surface area contributed by atoms with E-state index in [4.69, 9.17) is 9.84 Å². The Labute approximate surface area is 125 Å². The lowest BCUT2D eigenvalue weighted by molar-refractivity contribution is -0.384. The van der Waals surface area contributed by atoms with Gasteiger partial charge in [-0.3, -0.25) is 10.1 Å². The Morgan fingerprint density at radius 1 is 1.43 bits per heavy atom. The van der Waals surface area contributed by atoms with Gasteiger partial charge in [-0.25, -0.2) is 0 Å². The highest BCUT2D eigenvalue weighted by atomic mass is 16.6. The summed E-state index contributed by atoms with van der Waals surface area (Å²) in [6.45, 7) is 5.72. The molecule has 6 heteroatoms. The highest BCUT2D eigenvalue weighted by Gasteiger charge is 2.17. The van der Waals surface area contributed by atoms with E-state index in [2.05, 4.69) is 19.2 Å². The van der Waals surface area contributed by atoms with Gasteiger partial charge in [-0.1, -0.05) is 13.8 Å². The molecule has 0 aromatic heterocycles. The van der Waals surface area contributed by atoms with E-state index in [0.29, 0.717) is 12.3 Å². The summed E-state index contributed by atoms with van der Waals surface area (Å²) in [5.41, 5.74) is 0.897. The zero-order valence-corrected chi connectivity index (χ0v) is 12.9. The second kappa shape index (κ2) is 7.95. The molecule has 21 heavy (non-hydrogen) atoms. The Morgan fingerprint density at radius 2 is 2.14 bits per heavy atom. The van der Waals surface area contributed by atoms with Crippen molar-refractivity contribution < 1.29 is 14.8 Å². The molecule has 118 valence electrons. The van der Waals surface area contributed by atoms with E-state index in [9.17, 15) is 10.1 Å². The zero-order valence-electron chi connectivity index (χ0n) is 12.9. The summed E-state index contributed by atoms with van der Waals surface area (Å²) in [5.74, 6) is 0.640. The minimum atomic E-state index is -0.409. The van der Waals surface area contributed by atoms with Crippen LogP contribution >= 0.6 is 0 Å². The fraction of sp³-hybridized carbons (Fsp3) is 0.600. The van der Waals surface area contributed by atoms with Gasteiger partial charge in [0.25, 0.3) is 5.69 Å². The highest BCUT2D eigenvalue weighted by Crippen LogP contribution is 2.25. The van der Waals surface area contributed by atoms with Crippen LogP contribution in [-0.2, 0) is 6.54 Å². The molecule has 0 saturated carbocycles. The molecule has 1 aromatic rings. The van der Waals surface area contributed by atoms with Gasteiger partial charge in [-0.2, -0.15) is 0 Å². The van der Waals surface area contributed by atoms with Crippen LogP contribution in [0.4, 0.5) is 5.69 Å². The van der Waals surface area contributed by atoms with Gasteiger partial charge >= 0.3 is 0 Å². The summed E-state index contributed by atoms with van der Waals surface area (Å²) in [5, 5.41) is 23.0. The molecule has 0 fully saturated rings. The second-order valence-electron chi connectivity index (χ2n) is 5.85. The van der Waals surface area contributed by atoms with E-state index >= 15 is 0 Å². The SMILES string of the molecule is COc1ccc([N+](=O)[O-])cc1CNCC(C)(C)CCCO. The summed E-state index contributed by atoms with van der Waals surface area (Å²) < 4.78 is 5.23. The lowest BCUT2D eigenvalue weighted by Crippen LogP contribution is -2.29. The van der Waals surface area contributed by atoms with E-state index in [1.165, 1.54) is 12.1 Å². The molecule has 0 unspecified atom stereocenters. The predicted octanol–water partition coefficient (Wildman–Crippen LogP) is 2.49. The average Bonchev–Trinajstić information content (AvgIpc) is 2.44. The van der Waals surface area contributed by atoms with Crippen molar-refractivity contribution in [2.75, 3.05) is 20.3 Å². The molecule has 1 aromatic carbocycles. The van der Waals surface area contributed by atoms with Crippen molar-refractivity contribution in [3.8, 4) is 5.75 Å². The van der Waals surface area contributed by atoms with Crippen LogP contribution in [0.1, 0.15) is 32.3 Å². The van der Waals surface area contributed by atoms with Gasteiger partial charge in [0.15, 0.2) is 0 Å². The number of aliphatic hydroxyl groups excluding tert-OH is 1. The van der Waals surface area contributed by atoms with Crippen molar-refractivity contribution in [2.24, 2.45) is 5.41 Å². The average molecular weight is 296 g/mol. The number of non-ortho nitro benzene ring substituents is 1. The number of hydrogen-bond acceptors (Lipinski definition) is 5. The molecular formula is C15H24N2O4. The largest absolute Gasteiger partial charge is 0.496 e. The molecule has 0 bridgehead atoms. The third-order valence-electron chi connectivity index (χ3n) is 3.41. The van der Waals surface area contributed by atoms with Gasteiger partial charge in [0.2, 0.25) is 0 Å². The summed E-state index contributed by atoms with van der Waals surface area (Å²) >= 11 is 0. The molecule has 0 spiro atoms. The van der Waals surface area contributed by atoms with Crippen LogP contribution in [0, 0.1) is 15.5 Å². The smallest absolute Gasteiger partial charge is 0.270 e. The molecule has 0 aliphatic heterocycles. The fourth-order valence-corrected chi connectivity index (χ4v) is 2.20. The minimum Gasteiger partial charge on any atom is -0.496 e. The van der Waals surface area contributed by atoms with Crippen LogP contribution in [0.5, 0.6) is 5.75 Å². The number of rotatable bonds is 9. The highest BCUT2D eigenvalue weighted by molar-refractivity contribution is 5.43. The molecule has 0 amide bonds. The van der Waals surface area contributed by atoms with E-state index in [1.54, 1.807) is 13.2 Å². The van der Waals surface area contributed by atoms with Crippen molar-refractivity contribution >= 4 is 5.69 Å². The number of benzene rings is 1. The molecule has 1 rings (SSSR count). The molecule has 0 radical (unpaired) electrons. The molecular weight excluding hydrogens is 272 g/mol. The van der Waals surface area contributed by atoms with Crippen molar-refractivity contribution in [3.05, 3.63) is 33.9 Å². The normalized spacial score (nSPS) is 11.4. The third kappa shape index (κ3) is 5.69. The van der Waals surface area contributed by atoms with Crippen molar-refractivity contribution in [1.82, 2.24) is 5.32 Å². The van der Waals surface area contributed by atoms with Gasteiger partial charge in [-0.15, -0.1) is 0 Å². The summed E-state index contributed by atoms with van der Waals surface area (Å²) in [6, 6.07) is 4.59. The number of nitro benzene ring substituents is 1. The Hall–Kier alpha value is -1.66. The standard InChI is InChI=1S/C15H24N2O4/c1-15(2,7-4-8-18)11-16-10-12-9-13(17(19)20)5-6-14(12)21-3/h5-6,9,16,18H,4,7-8,10-11H2,1-3H3. The quantitative estimate of drug-likeness (QED) is 0.540. The number of aliphatic hydroxyl groups is 1. The number of methoxy groups -OCH3 is 1. The lowest BCUT2D eigenvalue weighted by Gasteiger charge is -2.25. The number of ether oxygens (including phenoxy) is 1. The van der Waals surface area contributed by atoms with Crippen molar-refractivity contribution in [1.29, 1.82) is 0 Å². The van der Waals surface area contributed by atoms with Crippen LogP contribution < -0.4 is 10.1 Å². The molecule has 0 aliphatic rings. The van der Waals surface area contributed by atoms with E-state index in [-0.39, 0.29) is 17.7 Å². The topological polar surface area (TPSA) is 84.6 Å². The maximum absolute atomic E-state index is 10.8. The first-order valence-corrected chi connectivity index (χ1v) is 7.02. The van der Waals surface area contributed by atoms with Gasteiger partial charge in [0, 0.05) is 37.4 Å². The summed E-state index contributed by atoms with van der Waals surface area (Å²) in [7, 11) is 1.55. The third-order valence-corrected chi connectivity index (χ3v) is 3.41. The predicted molar refractivity (Wildman–Crippen MR) is 81.5 cm³/mol. The van der Waals surface area contributed by atoms with Crippen LogP contribution in [0.15, 0.2) is 18.2 Å². The van der Waals surface area contributed by atoms with E-state index in [1.807, 2.05) is 0 Å². The van der Waals surface area contributed by atoms with Gasteiger partial charge in [0.1, 0.15) is 5.75 Å². The van der Waals surface area contributed by atoms with Crippen LogP contribution in [0.25, 0.3) is 0 Å². The Kier molecular flexibility index (Phi) is 6.58. The van der Waals surface area contributed by atoms with E-state index < -0.39 is 4.92 Å². The first-order valence-electron chi connectivity index (χ1n) is 7.02. The maximum Gasteiger partial charge on any atom is 0.270 e. The Balaban J connectivity index is 2.65. The molecule has 0 saturated heterocycles. The fourth-order valence-electron chi connectivity index (χ4n) is 2.20.